The first-order valence-electron chi connectivity index (χ1n) is 8.97. The van der Waals surface area contributed by atoms with E-state index in [1.165, 1.54) is 6.92 Å². The highest BCUT2D eigenvalue weighted by Crippen LogP contribution is 2.34. The fraction of sp³-hybridized carbons (Fsp3) is 0.263. The average Bonchev–Trinajstić information content (AvgIpc) is 3.32. The Kier molecular flexibility index (Phi) is 6.95. The first-order chi connectivity index (χ1) is 14.4. The molecule has 0 saturated carbocycles. The number of thiophene rings is 1. The van der Waals surface area contributed by atoms with Gasteiger partial charge in [0.15, 0.2) is 11.6 Å². The summed E-state index contributed by atoms with van der Waals surface area (Å²) in [6.45, 7) is 4.96. The molecule has 0 saturated heterocycles. The van der Waals surface area contributed by atoms with Crippen LogP contribution in [0.5, 0.6) is 0 Å². The Balaban J connectivity index is 1.69. The Morgan fingerprint density at radius 1 is 1.27 bits per heavy atom. The lowest BCUT2D eigenvalue weighted by Crippen LogP contribution is -2.16. The molecule has 0 aliphatic rings. The molecule has 3 rings (SSSR count). The zero-order valence-electron chi connectivity index (χ0n) is 16.5. The number of nitrogens with zero attached hydrogens (tertiary/aromatic N) is 3. The van der Waals surface area contributed by atoms with Gasteiger partial charge < -0.3 is 10.1 Å². The maximum absolute atomic E-state index is 12.4. The highest BCUT2D eigenvalue weighted by Gasteiger charge is 2.25. The summed E-state index contributed by atoms with van der Waals surface area (Å²) in [7, 11) is 0. The summed E-state index contributed by atoms with van der Waals surface area (Å²) in [5.41, 5.74) is 1.55. The van der Waals surface area contributed by atoms with Crippen molar-refractivity contribution in [1.29, 1.82) is 0 Å². The minimum atomic E-state index is -0.572. The van der Waals surface area contributed by atoms with Gasteiger partial charge in [-0.3, -0.25) is 19.7 Å². The maximum atomic E-state index is 12.4. The summed E-state index contributed by atoms with van der Waals surface area (Å²) in [6, 6.07) is 3.59. The van der Waals surface area contributed by atoms with Crippen LogP contribution in [0, 0.1) is 6.92 Å². The van der Waals surface area contributed by atoms with Gasteiger partial charge in [-0.05, 0) is 38.5 Å². The van der Waals surface area contributed by atoms with Crippen molar-refractivity contribution < 1.29 is 19.1 Å². The first kappa shape index (κ1) is 21.7. The van der Waals surface area contributed by atoms with Gasteiger partial charge in [0.25, 0.3) is 0 Å². The molecule has 0 fully saturated rings. The molecule has 9 nitrogen and oxygen atoms in total. The minimum absolute atomic E-state index is 0.0300. The molecule has 30 heavy (non-hydrogen) atoms. The van der Waals surface area contributed by atoms with Gasteiger partial charge in [-0.1, -0.05) is 11.8 Å². The van der Waals surface area contributed by atoms with Crippen LogP contribution in [0.15, 0.2) is 29.7 Å². The third-order valence-corrected chi connectivity index (χ3v) is 6.11. The molecule has 1 amide bonds. The van der Waals surface area contributed by atoms with Crippen molar-refractivity contribution in [2.45, 2.75) is 25.9 Å². The zero-order valence-corrected chi connectivity index (χ0v) is 18.1. The molecule has 0 spiro atoms. The van der Waals surface area contributed by atoms with Crippen LogP contribution >= 0.6 is 23.1 Å². The third kappa shape index (κ3) is 4.92. The lowest BCUT2D eigenvalue weighted by Gasteiger charge is -2.06. The number of carbonyl (C=O) groups is 3. The summed E-state index contributed by atoms with van der Waals surface area (Å²) in [4.78, 5) is 45.3. The van der Waals surface area contributed by atoms with Crippen molar-refractivity contribution >= 4 is 45.8 Å². The Morgan fingerprint density at radius 3 is 2.67 bits per heavy atom. The Hall–Kier alpha value is -3.05. The monoisotopic (exact) mass is 445 g/mol. The molecule has 11 heteroatoms. The number of aromatic nitrogens is 4. The summed E-state index contributed by atoms with van der Waals surface area (Å²) in [6.07, 6.45) is 3.30. The van der Waals surface area contributed by atoms with E-state index in [1.807, 2.05) is 0 Å². The molecule has 0 unspecified atom stereocenters. The van der Waals surface area contributed by atoms with Crippen molar-refractivity contribution in [2.75, 3.05) is 17.7 Å². The summed E-state index contributed by atoms with van der Waals surface area (Å²) < 4.78 is 5.07. The number of hydrogen-bond acceptors (Lipinski definition) is 9. The second-order valence-corrected chi connectivity index (χ2v) is 8.04. The highest BCUT2D eigenvalue weighted by atomic mass is 32.2. The number of carbonyl (C=O) groups excluding carboxylic acids is 3. The van der Waals surface area contributed by atoms with Gasteiger partial charge >= 0.3 is 5.97 Å². The van der Waals surface area contributed by atoms with Gasteiger partial charge in [0, 0.05) is 18.0 Å². The number of anilines is 1. The number of ketones is 1. The van der Waals surface area contributed by atoms with Crippen LogP contribution in [-0.2, 0) is 9.53 Å². The van der Waals surface area contributed by atoms with Gasteiger partial charge in [0.05, 0.1) is 22.8 Å². The van der Waals surface area contributed by atoms with E-state index >= 15 is 0 Å². The predicted molar refractivity (Wildman–Crippen MR) is 114 cm³/mol. The second kappa shape index (κ2) is 9.63. The van der Waals surface area contributed by atoms with E-state index < -0.39 is 5.97 Å². The molecule has 0 bridgehead atoms. The van der Waals surface area contributed by atoms with Crippen LogP contribution in [0.4, 0.5) is 5.00 Å². The molecule has 3 aromatic heterocycles. The van der Waals surface area contributed by atoms with Gasteiger partial charge in [-0.15, -0.1) is 16.4 Å². The van der Waals surface area contributed by atoms with E-state index in [9.17, 15) is 14.4 Å². The van der Waals surface area contributed by atoms with E-state index in [-0.39, 0.29) is 29.6 Å². The number of esters is 1. The number of ether oxygens (including phenoxy) is 1. The molecular formula is C19H19N5O4S2. The van der Waals surface area contributed by atoms with Crippen molar-refractivity contribution in [3.63, 3.8) is 0 Å². The fourth-order valence-electron chi connectivity index (χ4n) is 2.63. The second-order valence-electron chi connectivity index (χ2n) is 6.08. The third-order valence-electron chi connectivity index (χ3n) is 3.95. The number of nitrogens with one attached hydrogen (secondary N) is 2. The van der Waals surface area contributed by atoms with Gasteiger partial charge in [-0.2, -0.15) is 0 Å². The normalized spacial score (nSPS) is 10.6. The zero-order chi connectivity index (χ0) is 21.7. The number of Topliss-reactive ketones (excluding diaryl/α,β-unsaturated/α-hetero) is 1. The van der Waals surface area contributed by atoms with Crippen molar-refractivity contribution in [1.82, 2.24) is 20.2 Å². The molecule has 0 radical (unpaired) electrons. The Labute approximate surface area is 180 Å². The van der Waals surface area contributed by atoms with Crippen molar-refractivity contribution in [3.8, 4) is 11.4 Å². The Morgan fingerprint density at radius 2 is 2.00 bits per heavy atom. The van der Waals surface area contributed by atoms with Crippen LogP contribution < -0.4 is 5.32 Å². The van der Waals surface area contributed by atoms with Crippen LogP contribution in [-0.4, -0.2) is 50.2 Å². The molecule has 0 atom stereocenters. The topological polar surface area (TPSA) is 127 Å². The number of amides is 1. The number of hydrogen-bond donors (Lipinski definition) is 2. The number of thioether (sulfide) groups is 1. The van der Waals surface area contributed by atoms with Crippen LogP contribution in [0.25, 0.3) is 11.4 Å². The van der Waals surface area contributed by atoms with E-state index in [0.29, 0.717) is 26.4 Å². The predicted octanol–water partition coefficient (Wildman–Crippen LogP) is 3.35. The quantitative estimate of drug-likeness (QED) is 0.307. The SMILES string of the molecule is CCOC(=O)c1c(NC(=O)CSc2n[nH]c(-c3ccncc3)n2)sc(C(C)=O)c1C. The smallest absolute Gasteiger partial charge is 0.341 e. The lowest BCUT2D eigenvalue weighted by molar-refractivity contribution is -0.113. The highest BCUT2D eigenvalue weighted by molar-refractivity contribution is 7.99. The van der Waals surface area contributed by atoms with E-state index in [4.69, 9.17) is 4.74 Å². The number of pyridine rings is 1. The van der Waals surface area contributed by atoms with Gasteiger partial charge in [0.2, 0.25) is 11.1 Å². The first-order valence-corrected chi connectivity index (χ1v) is 10.8. The van der Waals surface area contributed by atoms with Crippen molar-refractivity contribution in [2.24, 2.45) is 0 Å². The standard InChI is InChI=1S/C19H19N5O4S2/c1-4-28-18(27)14-10(2)15(11(3)25)30-17(14)21-13(26)9-29-19-22-16(23-24-19)12-5-7-20-8-6-12/h5-8H,4,9H2,1-3H3,(H,21,26)(H,22,23,24). The van der Waals surface area contributed by atoms with Crippen LogP contribution in [0.3, 0.4) is 0 Å². The molecular weight excluding hydrogens is 426 g/mol. The molecule has 0 aliphatic heterocycles. The molecule has 0 aromatic carbocycles. The van der Waals surface area contributed by atoms with Gasteiger partial charge in [-0.25, -0.2) is 9.78 Å². The van der Waals surface area contributed by atoms with E-state index in [1.54, 1.807) is 38.4 Å². The van der Waals surface area contributed by atoms with Crippen molar-refractivity contribution in [3.05, 3.63) is 40.5 Å². The maximum Gasteiger partial charge on any atom is 0.341 e. The average molecular weight is 446 g/mol. The summed E-state index contributed by atoms with van der Waals surface area (Å²) in [5, 5.41) is 10.3. The largest absolute Gasteiger partial charge is 0.462 e. The number of aromatic amines is 1. The Bertz CT molecular complexity index is 1080. The molecule has 3 heterocycles. The molecule has 0 aliphatic carbocycles. The molecule has 156 valence electrons. The summed E-state index contributed by atoms with van der Waals surface area (Å²) in [5.74, 6) is -0.496. The molecule has 3 aromatic rings. The fourth-order valence-corrected chi connectivity index (χ4v) is 4.33. The van der Waals surface area contributed by atoms with Gasteiger partial charge in [0.1, 0.15) is 5.00 Å². The molecule has 2 N–H and O–H groups in total. The summed E-state index contributed by atoms with van der Waals surface area (Å²) >= 11 is 2.21. The van der Waals surface area contributed by atoms with Crippen LogP contribution in [0.1, 0.15) is 39.4 Å². The minimum Gasteiger partial charge on any atom is -0.462 e. The van der Waals surface area contributed by atoms with E-state index in [2.05, 4.69) is 25.5 Å². The number of rotatable bonds is 8. The van der Waals surface area contributed by atoms with Crippen LogP contribution in [0.2, 0.25) is 0 Å². The lowest BCUT2D eigenvalue weighted by atomic mass is 10.1. The number of H-pyrrole nitrogens is 1. The van der Waals surface area contributed by atoms with E-state index in [0.717, 1.165) is 28.7 Å².